The minimum Gasteiger partial charge on any atom is -0.481 e. The maximum Gasteiger partial charge on any atom is 0.313 e. The highest BCUT2D eigenvalue weighted by Crippen LogP contribution is 2.25. The molecule has 0 fully saturated rings. The van der Waals surface area contributed by atoms with Gasteiger partial charge >= 0.3 is 5.97 Å². The molecule has 0 aromatic carbocycles. The minimum absolute atomic E-state index is 0.0158. The van der Waals surface area contributed by atoms with Crippen molar-refractivity contribution in [3.8, 4) is 0 Å². The van der Waals surface area contributed by atoms with E-state index in [1.165, 1.54) is 23.1 Å². The molecule has 0 bridgehead atoms. The first-order chi connectivity index (χ1) is 7.97. The number of nitrogens with one attached hydrogen (secondary N) is 1. The molecule has 0 aliphatic carbocycles. The molecule has 0 saturated heterocycles. The summed E-state index contributed by atoms with van der Waals surface area (Å²) in [6.07, 6.45) is 0. The SMILES string of the molecule is CC(CN(C)C)Nc1nnc(SCC(=O)O)s1. The molecule has 8 heteroatoms. The van der Waals surface area contributed by atoms with Gasteiger partial charge in [-0.25, -0.2) is 0 Å². The van der Waals surface area contributed by atoms with Crippen molar-refractivity contribution < 1.29 is 9.90 Å². The Morgan fingerprint density at radius 2 is 2.29 bits per heavy atom. The molecule has 0 aliphatic rings. The van der Waals surface area contributed by atoms with Crippen LogP contribution in [0.15, 0.2) is 4.34 Å². The molecule has 0 spiro atoms. The second kappa shape index (κ2) is 6.77. The zero-order valence-corrected chi connectivity index (χ0v) is 11.6. The molecule has 96 valence electrons. The largest absolute Gasteiger partial charge is 0.481 e. The van der Waals surface area contributed by atoms with Crippen molar-refractivity contribution >= 4 is 34.2 Å². The highest BCUT2D eigenvalue weighted by atomic mass is 32.2. The number of thioether (sulfide) groups is 1. The standard InChI is InChI=1S/C9H16N4O2S2/c1-6(4-13(2)3)10-8-11-12-9(17-8)16-5-7(14)15/h6H,4-5H2,1-3H3,(H,10,11)(H,14,15). The fourth-order valence-electron chi connectivity index (χ4n) is 1.25. The van der Waals surface area contributed by atoms with Gasteiger partial charge in [-0.2, -0.15) is 0 Å². The normalized spacial score (nSPS) is 12.7. The van der Waals surface area contributed by atoms with Crippen LogP contribution >= 0.6 is 23.1 Å². The van der Waals surface area contributed by atoms with Gasteiger partial charge in [0.2, 0.25) is 5.13 Å². The lowest BCUT2D eigenvalue weighted by molar-refractivity contribution is -0.133. The van der Waals surface area contributed by atoms with Crippen LogP contribution in [0.3, 0.4) is 0 Å². The molecule has 1 atom stereocenters. The Morgan fingerprint density at radius 3 is 2.88 bits per heavy atom. The van der Waals surface area contributed by atoms with Crippen LogP contribution in [0.4, 0.5) is 5.13 Å². The number of aromatic nitrogens is 2. The lowest BCUT2D eigenvalue weighted by Gasteiger charge is -2.17. The Hall–Kier alpha value is -0.860. The number of carboxylic acids is 1. The number of carbonyl (C=O) groups is 1. The number of nitrogens with zero attached hydrogens (tertiary/aromatic N) is 3. The summed E-state index contributed by atoms with van der Waals surface area (Å²) in [5.41, 5.74) is 0. The van der Waals surface area contributed by atoms with Gasteiger partial charge in [0, 0.05) is 12.6 Å². The quantitative estimate of drug-likeness (QED) is 0.721. The fraction of sp³-hybridized carbons (Fsp3) is 0.667. The number of carboxylic acid groups (broad SMARTS) is 1. The molecule has 1 unspecified atom stereocenters. The molecule has 1 aromatic heterocycles. The van der Waals surface area contributed by atoms with Crippen molar-refractivity contribution in [2.45, 2.75) is 17.3 Å². The van der Waals surface area contributed by atoms with Gasteiger partial charge < -0.3 is 15.3 Å². The molecule has 0 radical (unpaired) electrons. The molecule has 0 aliphatic heterocycles. The van der Waals surface area contributed by atoms with E-state index in [9.17, 15) is 4.79 Å². The van der Waals surface area contributed by atoms with Crippen molar-refractivity contribution in [3.05, 3.63) is 0 Å². The van der Waals surface area contributed by atoms with E-state index in [4.69, 9.17) is 5.11 Å². The van der Waals surface area contributed by atoms with Crippen molar-refractivity contribution in [1.82, 2.24) is 15.1 Å². The van der Waals surface area contributed by atoms with Crippen LogP contribution in [0.1, 0.15) is 6.92 Å². The lowest BCUT2D eigenvalue weighted by Crippen LogP contribution is -2.29. The second-order valence-electron chi connectivity index (χ2n) is 3.86. The second-order valence-corrected chi connectivity index (χ2v) is 6.06. The fourth-order valence-corrected chi connectivity index (χ4v) is 2.84. The molecular weight excluding hydrogens is 260 g/mol. The number of hydrogen-bond acceptors (Lipinski definition) is 7. The summed E-state index contributed by atoms with van der Waals surface area (Å²) >= 11 is 2.56. The van der Waals surface area contributed by atoms with Crippen LogP contribution in [-0.2, 0) is 4.79 Å². The van der Waals surface area contributed by atoms with E-state index in [1.54, 1.807) is 0 Å². The molecule has 1 heterocycles. The Bertz CT molecular complexity index is 370. The lowest BCUT2D eigenvalue weighted by atomic mass is 10.3. The van der Waals surface area contributed by atoms with Gasteiger partial charge in [-0.3, -0.25) is 4.79 Å². The van der Waals surface area contributed by atoms with Gasteiger partial charge in [-0.05, 0) is 21.0 Å². The topological polar surface area (TPSA) is 78.3 Å². The maximum atomic E-state index is 10.4. The number of rotatable bonds is 7. The van der Waals surface area contributed by atoms with Crippen molar-refractivity contribution in [2.75, 3.05) is 31.7 Å². The van der Waals surface area contributed by atoms with Gasteiger partial charge in [-0.1, -0.05) is 23.1 Å². The Morgan fingerprint density at radius 1 is 1.59 bits per heavy atom. The third-order valence-corrected chi connectivity index (χ3v) is 3.71. The van der Waals surface area contributed by atoms with Gasteiger partial charge in [0.05, 0.1) is 5.75 Å². The molecule has 2 N–H and O–H groups in total. The van der Waals surface area contributed by atoms with Crippen molar-refractivity contribution in [2.24, 2.45) is 0 Å². The van der Waals surface area contributed by atoms with Gasteiger partial charge in [-0.15, -0.1) is 10.2 Å². The van der Waals surface area contributed by atoms with Gasteiger partial charge in [0.15, 0.2) is 4.34 Å². The molecule has 0 amide bonds. The average molecular weight is 276 g/mol. The van der Waals surface area contributed by atoms with E-state index < -0.39 is 5.97 Å². The van der Waals surface area contributed by atoms with E-state index in [2.05, 4.69) is 27.3 Å². The predicted molar refractivity (Wildman–Crippen MR) is 69.9 cm³/mol. The molecular formula is C9H16N4O2S2. The first kappa shape index (κ1) is 14.2. The monoisotopic (exact) mass is 276 g/mol. The third kappa shape index (κ3) is 5.85. The highest BCUT2D eigenvalue weighted by molar-refractivity contribution is 8.01. The van der Waals surface area contributed by atoms with Gasteiger partial charge in [0.25, 0.3) is 0 Å². The molecule has 17 heavy (non-hydrogen) atoms. The predicted octanol–water partition coefficient (Wildman–Crippen LogP) is 1.08. The third-order valence-electron chi connectivity index (χ3n) is 1.73. The number of hydrogen-bond donors (Lipinski definition) is 2. The van der Waals surface area contributed by atoms with E-state index in [-0.39, 0.29) is 11.8 Å². The van der Waals surface area contributed by atoms with Crippen molar-refractivity contribution in [3.63, 3.8) is 0 Å². The summed E-state index contributed by atoms with van der Waals surface area (Å²) < 4.78 is 0.673. The molecule has 0 saturated carbocycles. The summed E-state index contributed by atoms with van der Waals surface area (Å²) in [6.45, 7) is 2.96. The summed E-state index contributed by atoms with van der Waals surface area (Å²) in [5.74, 6) is -0.831. The first-order valence-corrected chi connectivity index (χ1v) is 6.87. The van der Waals surface area contributed by atoms with E-state index in [0.29, 0.717) is 4.34 Å². The first-order valence-electron chi connectivity index (χ1n) is 5.06. The number of aliphatic carboxylic acids is 1. The summed E-state index contributed by atoms with van der Waals surface area (Å²) in [5, 5.41) is 20.4. The Labute approximate surface area is 108 Å². The molecule has 1 rings (SSSR count). The van der Waals surface area contributed by atoms with Crippen LogP contribution < -0.4 is 5.32 Å². The molecule has 1 aromatic rings. The minimum atomic E-state index is -0.847. The highest BCUT2D eigenvalue weighted by Gasteiger charge is 2.09. The maximum absolute atomic E-state index is 10.4. The van der Waals surface area contributed by atoms with Crippen LogP contribution in [0, 0.1) is 0 Å². The summed E-state index contributed by atoms with van der Waals surface area (Å²) in [7, 11) is 4.01. The van der Waals surface area contributed by atoms with E-state index in [0.717, 1.165) is 11.7 Å². The Balaban J connectivity index is 2.42. The zero-order chi connectivity index (χ0) is 12.8. The van der Waals surface area contributed by atoms with Crippen LogP contribution in [0.25, 0.3) is 0 Å². The number of likely N-dealkylation sites (N-methyl/N-ethyl adjacent to an activating group) is 1. The van der Waals surface area contributed by atoms with Crippen LogP contribution in [0.5, 0.6) is 0 Å². The molecule has 6 nitrogen and oxygen atoms in total. The number of anilines is 1. The van der Waals surface area contributed by atoms with Crippen molar-refractivity contribution in [1.29, 1.82) is 0 Å². The Kier molecular flexibility index (Phi) is 5.66. The zero-order valence-electron chi connectivity index (χ0n) is 10.0. The average Bonchev–Trinajstić information content (AvgIpc) is 2.61. The van der Waals surface area contributed by atoms with Crippen LogP contribution in [-0.4, -0.2) is 58.6 Å². The van der Waals surface area contributed by atoms with Crippen LogP contribution in [0.2, 0.25) is 0 Å². The van der Waals surface area contributed by atoms with E-state index in [1.807, 2.05) is 14.1 Å². The van der Waals surface area contributed by atoms with Gasteiger partial charge in [0.1, 0.15) is 0 Å². The smallest absolute Gasteiger partial charge is 0.313 e. The summed E-state index contributed by atoms with van der Waals surface area (Å²) in [6, 6.07) is 0.273. The van der Waals surface area contributed by atoms with E-state index >= 15 is 0 Å². The summed E-state index contributed by atoms with van der Waals surface area (Å²) in [4.78, 5) is 12.5.